The van der Waals surface area contributed by atoms with Gasteiger partial charge < -0.3 is 10.6 Å². The van der Waals surface area contributed by atoms with Crippen LogP contribution in [0.4, 0.5) is 24.9 Å². The summed E-state index contributed by atoms with van der Waals surface area (Å²) in [6, 6.07) is 0.968. The molecular formula is C13H19F3N4. The normalized spacial score (nSPS) is 15.8. The van der Waals surface area contributed by atoms with E-state index in [-0.39, 0.29) is 11.8 Å². The Balaban J connectivity index is 2.11. The van der Waals surface area contributed by atoms with Crippen molar-refractivity contribution in [2.45, 2.75) is 38.8 Å². The van der Waals surface area contributed by atoms with E-state index >= 15 is 0 Å². The summed E-state index contributed by atoms with van der Waals surface area (Å²) < 4.78 is 38.4. The van der Waals surface area contributed by atoms with Gasteiger partial charge in [0.05, 0.1) is 0 Å². The third-order valence-corrected chi connectivity index (χ3v) is 3.35. The van der Waals surface area contributed by atoms with E-state index in [1.165, 1.54) is 6.42 Å². The van der Waals surface area contributed by atoms with Crippen molar-refractivity contribution in [1.82, 2.24) is 9.97 Å². The maximum atomic E-state index is 12.8. The highest BCUT2D eigenvalue weighted by Gasteiger charge is 2.33. The molecule has 1 fully saturated rings. The third-order valence-electron chi connectivity index (χ3n) is 3.35. The first-order valence-electron chi connectivity index (χ1n) is 6.93. The van der Waals surface area contributed by atoms with Crippen LogP contribution in [0.3, 0.4) is 0 Å². The van der Waals surface area contributed by atoms with Crippen LogP contribution >= 0.6 is 0 Å². The Kier molecular flexibility index (Phi) is 4.67. The lowest BCUT2D eigenvalue weighted by Crippen LogP contribution is -2.22. The van der Waals surface area contributed by atoms with Gasteiger partial charge in [0.25, 0.3) is 0 Å². The molecule has 7 heteroatoms. The fourth-order valence-corrected chi connectivity index (χ4v) is 1.94. The van der Waals surface area contributed by atoms with Crippen molar-refractivity contribution < 1.29 is 13.2 Å². The Hall–Kier alpha value is -1.53. The summed E-state index contributed by atoms with van der Waals surface area (Å²) in [5.74, 6) is 0.807. The number of aromatic nitrogens is 2. The van der Waals surface area contributed by atoms with Crippen LogP contribution in [0.5, 0.6) is 0 Å². The molecule has 1 saturated carbocycles. The first kappa shape index (κ1) is 14.9. The largest absolute Gasteiger partial charge is 0.433 e. The van der Waals surface area contributed by atoms with E-state index in [1.54, 1.807) is 0 Å². The Morgan fingerprint density at radius 2 is 2.00 bits per heavy atom. The first-order chi connectivity index (χ1) is 9.49. The highest BCUT2D eigenvalue weighted by atomic mass is 19.4. The molecule has 2 N–H and O–H groups in total. The van der Waals surface area contributed by atoms with Gasteiger partial charge >= 0.3 is 6.18 Å². The summed E-state index contributed by atoms with van der Waals surface area (Å²) in [6.45, 7) is 3.14. The standard InChI is InChI=1S/C13H19F3N4/c1-2-6-17-12-19-10(13(14,15)16)7-11(20-12)18-8-9-4-3-5-9/h7,9H,2-6,8H2,1H3,(H2,17,18,19,20). The van der Waals surface area contributed by atoms with E-state index < -0.39 is 11.9 Å². The third kappa shape index (κ3) is 3.98. The van der Waals surface area contributed by atoms with Crippen molar-refractivity contribution in [3.63, 3.8) is 0 Å². The zero-order valence-electron chi connectivity index (χ0n) is 11.4. The monoisotopic (exact) mass is 288 g/mol. The summed E-state index contributed by atoms with van der Waals surface area (Å²) in [5, 5.41) is 5.79. The van der Waals surface area contributed by atoms with Crippen LogP contribution < -0.4 is 10.6 Å². The number of nitrogens with one attached hydrogen (secondary N) is 2. The van der Waals surface area contributed by atoms with Crippen LogP contribution in [0.25, 0.3) is 0 Å². The summed E-state index contributed by atoms with van der Waals surface area (Å²) in [4.78, 5) is 7.60. The number of hydrogen-bond donors (Lipinski definition) is 2. The van der Waals surface area contributed by atoms with Crippen molar-refractivity contribution in [3.8, 4) is 0 Å². The predicted molar refractivity (Wildman–Crippen MR) is 71.6 cm³/mol. The van der Waals surface area contributed by atoms with Gasteiger partial charge in [-0.2, -0.15) is 18.2 Å². The van der Waals surface area contributed by atoms with Crippen molar-refractivity contribution in [2.24, 2.45) is 5.92 Å². The molecule has 1 aliphatic rings. The van der Waals surface area contributed by atoms with Crippen molar-refractivity contribution in [1.29, 1.82) is 0 Å². The fourth-order valence-electron chi connectivity index (χ4n) is 1.94. The minimum absolute atomic E-state index is 0.0257. The summed E-state index contributed by atoms with van der Waals surface area (Å²) in [7, 11) is 0. The van der Waals surface area contributed by atoms with Crippen LogP contribution in [-0.2, 0) is 6.18 Å². The molecule has 0 amide bonds. The number of alkyl halides is 3. The maximum absolute atomic E-state index is 12.8. The highest BCUT2D eigenvalue weighted by Crippen LogP contribution is 2.30. The second-order valence-electron chi connectivity index (χ2n) is 5.06. The molecule has 0 aliphatic heterocycles. The summed E-state index contributed by atoms with van der Waals surface area (Å²) in [5.41, 5.74) is -0.915. The van der Waals surface area contributed by atoms with Crippen LogP contribution in [0.2, 0.25) is 0 Å². The van der Waals surface area contributed by atoms with Crippen LogP contribution in [0.15, 0.2) is 6.07 Å². The molecule has 1 aliphatic carbocycles. The van der Waals surface area contributed by atoms with Crippen molar-refractivity contribution in [3.05, 3.63) is 11.8 Å². The van der Waals surface area contributed by atoms with Crippen molar-refractivity contribution in [2.75, 3.05) is 23.7 Å². The molecule has 0 saturated heterocycles. The molecule has 1 aromatic heterocycles. The van der Waals surface area contributed by atoms with Crippen LogP contribution in [-0.4, -0.2) is 23.1 Å². The Bertz CT molecular complexity index is 444. The molecule has 0 radical (unpaired) electrons. The second-order valence-corrected chi connectivity index (χ2v) is 5.06. The van der Waals surface area contributed by atoms with Gasteiger partial charge in [-0.15, -0.1) is 0 Å². The zero-order valence-corrected chi connectivity index (χ0v) is 11.4. The average Bonchev–Trinajstić information content (AvgIpc) is 2.33. The van der Waals surface area contributed by atoms with E-state index in [9.17, 15) is 13.2 Å². The Labute approximate surface area is 116 Å². The van der Waals surface area contributed by atoms with Gasteiger partial charge in [-0.1, -0.05) is 13.3 Å². The average molecular weight is 288 g/mol. The number of rotatable bonds is 6. The predicted octanol–water partition coefficient (Wildman–Crippen LogP) is 3.53. The van der Waals surface area contributed by atoms with Crippen LogP contribution in [0, 0.1) is 5.92 Å². The molecule has 112 valence electrons. The van der Waals surface area contributed by atoms with Crippen LogP contribution in [0.1, 0.15) is 38.3 Å². The second kappa shape index (κ2) is 6.28. The minimum atomic E-state index is -4.46. The van der Waals surface area contributed by atoms with Crippen molar-refractivity contribution >= 4 is 11.8 Å². The molecule has 0 unspecified atom stereocenters. The molecule has 1 aromatic rings. The Morgan fingerprint density at radius 1 is 1.25 bits per heavy atom. The van der Waals surface area contributed by atoms with Gasteiger partial charge in [0.2, 0.25) is 5.95 Å². The topological polar surface area (TPSA) is 49.8 Å². The lowest BCUT2D eigenvalue weighted by Gasteiger charge is -2.25. The molecular weight excluding hydrogens is 269 g/mol. The van der Waals surface area contributed by atoms with E-state index in [1.807, 2.05) is 6.92 Å². The van der Waals surface area contributed by atoms with Gasteiger partial charge in [-0.05, 0) is 25.2 Å². The number of nitrogens with zero attached hydrogens (tertiary/aromatic N) is 2. The maximum Gasteiger partial charge on any atom is 0.433 e. The van der Waals surface area contributed by atoms with E-state index in [2.05, 4.69) is 20.6 Å². The SMILES string of the molecule is CCCNc1nc(NCC2CCC2)cc(C(F)(F)F)n1. The molecule has 0 spiro atoms. The highest BCUT2D eigenvalue weighted by molar-refractivity contribution is 5.43. The molecule has 4 nitrogen and oxygen atoms in total. The van der Waals surface area contributed by atoms with E-state index in [0.717, 1.165) is 25.3 Å². The lowest BCUT2D eigenvalue weighted by molar-refractivity contribution is -0.141. The number of halogens is 3. The molecule has 20 heavy (non-hydrogen) atoms. The van der Waals surface area contributed by atoms with E-state index in [4.69, 9.17) is 0 Å². The van der Waals surface area contributed by atoms with E-state index in [0.29, 0.717) is 19.0 Å². The van der Waals surface area contributed by atoms with Gasteiger partial charge in [0.15, 0.2) is 5.69 Å². The molecule has 0 bridgehead atoms. The number of anilines is 2. The van der Waals surface area contributed by atoms with Gasteiger partial charge in [-0.25, -0.2) is 4.98 Å². The molecule has 0 atom stereocenters. The van der Waals surface area contributed by atoms with Gasteiger partial charge in [-0.3, -0.25) is 0 Å². The summed E-state index contributed by atoms with van der Waals surface area (Å²) in [6.07, 6.45) is -0.202. The quantitative estimate of drug-likeness (QED) is 0.840. The fraction of sp³-hybridized carbons (Fsp3) is 0.692. The summed E-state index contributed by atoms with van der Waals surface area (Å²) >= 11 is 0. The van der Waals surface area contributed by atoms with Gasteiger partial charge in [0, 0.05) is 19.2 Å². The first-order valence-corrected chi connectivity index (χ1v) is 6.93. The zero-order chi connectivity index (χ0) is 14.6. The molecule has 1 heterocycles. The smallest absolute Gasteiger partial charge is 0.370 e. The lowest BCUT2D eigenvalue weighted by atomic mass is 9.85. The molecule has 2 rings (SSSR count). The minimum Gasteiger partial charge on any atom is -0.370 e. The van der Waals surface area contributed by atoms with Gasteiger partial charge in [0.1, 0.15) is 5.82 Å². The molecule has 0 aromatic carbocycles. The number of hydrogen-bond acceptors (Lipinski definition) is 4. The Morgan fingerprint density at radius 3 is 2.55 bits per heavy atom.